The van der Waals surface area contributed by atoms with Crippen LogP contribution in [0.25, 0.3) is 0 Å². The van der Waals surface area contributed by atoms with Crippen LogP contribution in [0, 0.1) is 11.8 Å². The highest BCUT2D eigenvalue weighted by Crippen LogP contribution is 2.10. The summed E-state index contributed by atoms with van der Waals surface area (Å²) in [4.78, 5) is 11.4. The molecule has 0 radical (unpaired) electrons. The zero-order valence-electron chi connectivity index (χ0n) is 9.64. The largest absolute Gasteiger partial charge is 0.354 e. The number of alkyl halides is 1. The Kier molecular flexibility index (Phi) is 6.98. The molecule has 84 valence electrons. The van der Waals surface area contributed by atoms with Gasteiger partial charge in [-0.25, -0.2) is 0 Å². The molecule has 2 atom stereocenters. The van der Waals surface area contributed by atoms with Gasteiger partial charge in [0.1, 0.15) is 0 Å². The first kappa shape index (κ1) is 13.8. The Labute approximate surface area is 92.4 Å². The van der Waals surface area contributed by atoms with Crippen molar-refractivity contribution in [3.05, 3.63) is 0 Å². The van der Waals surface area contributed by atoms with Crippen molar-refractivity contribution >= 4 is 17.5 Å². The molecule has 1 N–H and O–H groups in total. The number of nitrogens with one attached hydrogen (secondary N) is 1. The zero-order valence-corrected chi connectivity index (χ0v) is 10.4. The summed E-state index contributed by atoms with van der Waals surface area (Å²) in [5.41, 5.74) is 0. The summed E-state index contributed by atoms with van der Waals surface area (Å²) < 4.78 is 0. The molecule has 2 unspecified atom stereocenters. The maximum absolute atomic E-state index is 11.4. The van der Waals surface area contributed by atoms with E-state index in [1.54, 1.807) is 0 Å². The van der Waals surface area contributed by atoms with Gasteiger partial charge in [-0.1, -0.05) is 27.7 Å². The van der Waals surface area contributed by atoms with E-state index in [-0.39, 0.29) is 17.2 Å². The second kappa shape index (κ2) is 7.10. The van der Waals surface area contributed by atoms with Gasteiger partial charge in [-0.2, -0.15) is 0 Å². The number of hydrogen-bond donors (Lipinski definition) is 1. The molecule has 14 heavy (non-hydrogen) atoms. The molecular formula is C11H22ClNO. The number of rotatable bonds is 6. The first-order chi connectivity index (χ1) is 6.47. The monoisotopic (exact) mass is 219 g/mol. The van der Waals surface area contributed by atoms with E-state index in [4.69, 9.17) is 11.6 Å². The van der Waals surface area contributed by atoms with Crippen molar-refractivity contribution in [2.75, 3.05) is 6.54 Å². The summed E-state index contributed by atoms with van der Waals surface area (Å²) in [6, 6.07) is 0. The van der Waals surface area contributed by atoms with Gasteiger partial charge >= 0.3 is 0 Å². The molecule has 0 bridgehead atoms. The fraction of sp³-hybridized carbons (Fsp3) is 0.909. The number of halogens is 1. The van der Waals surface area contributed by atoms with Crippen molar-refractivity contribution in [2.24, 2.45) is 11.8 Å². The Hall–Kier alpha value is -0.240. The van der Waals surface area contributed by atoms with Crippen molar-refractivity contribution in [2.45, 2.75) is 45.9 Å². The minimum Gasteiger partial charge on any atom is -0.354 e. The molecule has 2 nitrogen and oxygen atoms in total. The third-order valence-electron chi connectivity index (χ3n) is 2.28. The minimum atomic E-state index is 0.0583. The lowest BCUT2D eigenvalue weighted by molar-refractivity contribution is -0.124. The summed E-state index contributed by atoms with van der Waals surface area (Å²) in [6.45, 7) is 8.79. The van der Waals surface area contributed by atoms with Gasteiger partial charge in [-0.15, -0.1) is 11.6 Å². The highest BCUT2D eigenvalue weighted by molar-refractivity contribution is 6.20. The topological polar surface area (TPSA) is 29.1 Å². The van der Waals surface area contributed by atoms with Crippen molar-refractivity contribution in [1.29, 1.82) is 0 Å². The molecule has 0 fully saturated rings. The molecule has 0 aromatic heterocycles. The number of carbonyl (C=O) groups is 1. The lowest BCUT2D eigenvalue weighted by Crippen LogP contribution is -2.34. The minimum absolute atomic E-state index is 0.0583. The second-order valence-electron chi connectivity index (χ2n) is 4.28. The fourth-order valence-electron chi connectivity index (χ4n) is 1.17. The lowest BCUT2D eigenvalue weighted by atomic mass is 10.1. The Morgan fingerprint density at radius 3 is 2.36 bits per heavy atom. The van der Waals surface area contributed by atoms with Crippen molar-refractivity contribution in [1.82, 2.24) is 5.32 Å². The van der Waals surface area contributed by atoms with E-state index in [9.17, 15) is 4.79 Å². The maximum atomic E-state index is 11.4. The first-order valence-corrected chi connectivity index (χ1v) is 5.82. The van der Waals surface area contributed by atoms with E-state index < -0.39 is 0 Å². The Bertz CT molecular complexity index is 171. The summed E-state index contributed by atoms with van der Waals surface area (Å²) >= 11 is 6.05. The summed E-state index contributed by atoms with van der Waals surface area (Å²) in [5, 5.41) is 2.93. The Morgan fingerprint density at radius 2 is 1.93 bits per heavy atom. The van der Waals surface area contributed by atoms with Crippen LogP contribution in [0.15, 0.2) is 0 Å². The van der Waals surface area contributed by atoms with Gasteiger partial charge in [-0.05, 0) is 18.8 Å². The molecule has 0 spiro atoms. The van der Waals surface area contributed by atoms with E-state index in [0.29, 0.717) is 12.5 Å². The van der Waals surface area contributed by atoms with Crippen LogP contribution in [-0.2, 0) is 4.79 Å². The third-order valence-corrected chi connectivity index (χ3v) is 2.62. The molecule has 0 aliphatic heterocycles. The Morgan fingerprint density at radius 1 is 1.36 bits per heavy atom. The molecule has 1 amide bonds. The van der Waals surface area contributed by atoms with Gasteiger partial charge in [0, 0.05) is 12.5 Å². The summed E-state index contributed by atoms with van der Waals surface area (Å²) in [7, 11) is 0. The van der Waals surface area contributed by atoms with Crippen LogP contribution < -0.4 is 5.32 Å². The van der Waals surface area contributed by atoms with Crippen molar-refractivity contribution < 1.29 is 4.79 Å². The first-order valence-electron chi connectivity index (χ1n) is 5.39. The zero-order chi connectivity index (χ0) is 11.1. The molecule has 0 aliphatic carbocycles. The van der Waals surface area contributed by atoms with Crippen LogP contribution in [0.2, 0.25) is 0 Å². The number of hydrogen-bond acceptors (Lipinski definition) is 1. The van der Waals surface area contributed by atoms with E-state index in [1.807, 2.05) is 13.8 Å². The van der Waals surface area contributed by atoms with Crippen LogP contribution in [0.4, 0.5) is 0 Å². The fourth-order valence-corrected chi connectivity index (χ4v) is 1.60. The highest BCUT2D eigenvalue weighted by atomic mass is 35.5. The predicted molar refractivity (Wildman–Crippen MR) is 61.6 cm³/mol. The van der Waals surface area contributed by atoms with Crippen LogP contribution in [0.5, 0.6) is 0 Å². The van der Waals surface area contributed by atoms with Gasteiger partial charge in [-0.3, -0.25) is 4.79 Å². The highest BCUT2D eigenvalue weighted by Gasteiger charge is 2.12. The predicted octanol–water partition coefficient (Wildman–Crippen LogP) is 2.80. The SMILES string of the molecule is CCC(C)C(=O)NCC(Cl)CC(C)C. The van der Waals surface area contributed by atoms with Crippen LogP contribution in [0.3, 0.4) is 0 Å². The van der Waals surface area contributed by atoms with E-state index in [0.717, 1.165) is 12.8 Å². The molecule has 3 heteroatoms. The van der Waals surface area contributed by atoms with Gasteiger partial charge in [0.25, 0.3) is 0 Å². The second-order valence-corrected chi connectivity index (χ2v) is 4.90. The van der Waals surface area contributed by atoms with Crippen molar-refractivity contribution in [3.8, 4) is 0 Å². The lowest BCUT2D eigenvalue weighted by Gasteiger charge is -2.14. The molecule has 0 rings (SSSR count). The smallest absolute Gasteiger partial charge is 0.222 e. The maximum Gasteiger partial charge on any atom is 0.222 e. The van der Waals surface area contributed by atoms with Gasteiger partial charge < -0.3 is 5.32 Å². The van der Waals surface area contributed by atoms with Crippen LogP contribution in [-0.4, -0.2) is 17.8 Å². The molecule has 0 aromatic carbocycles. The third kappa shape index (κ3) is 6.25. The van der Waals surface area contributed by atoms with Gasteiger partial charge in [0.05, 0.1) is 5.38 Å². The molecule has 0 saturated carbocycles. The molecule has 0 aromatic rings. The quantitative estimate of drug-likeness (QED) is 0.684. The molecular weight excluding hydrogens is 198 g/mol. The van der Waals surface area contributed by atoms with E-state index in [1.165, 1.54) is 0 Å². The number of amides is 1. The summed E-state index contributed by atoms with van der Waals surface area (Å²) in [6.07, 6.45) is 1.82. The molecule has 0 aliphatic rings. The van der Waals surface area contributed by atoms with E-state index in [2.05, 4.69) is 19.2 Å². The average Bonchev–Trinajstić information content (AvgIpc) is 2.11. The van der Waals surface area contributed by atoms with Gasteiger partial charge in [0.15, 0.2) is 0 Å². The molecule has 0 heterocycles. The number of carbonyl (C=O) groups excluding carboxylic acids is 1. The average molecular weight is 220 g/mol. The van der Waals surface area contributed by atoms with Crippen LogP contribution in [0.1, 0.15) is 40.5 Å². The Balaban J connectivity index is 3.66. The van der Waals surface area contributed by atoms with Gasteiger partial charge in [0.2, 0.25) is 5.91 Å². The summed E-state index contributed by atoms with van der Waals surface area (Å²) in [5.74, 6) is 0.790. The normalized spacial score (nSPS) is 15.3. The standard InChI is InChI=1S/C11H22ClNO/c1-5-9(4)11(14)13-7-10(12)6-8(2)3/h8-10H,5-7H2,1-4H3,(H,13,14). The van der Waals surface area contributed by atoms with E-state index >= 15 is 0 Å². The van der Waals surface area contributed by atoms with Crippen molar-refractivity contribution in [3.63, 3.8) is 0 Å². The molecule has 0 saturated heterocycles. The van der Waals surface area contributed by atoms with Crippen LogP contribution >= 0.6 is 11.6 Å².